The van der Waals surface area contributed by atoms with Crippen LogP contribution in [0.3, 0.4) is 0 Å². The molecule has 1 atom stereocenters. The fourth-order valence-electron chi connectivity index (χ4n) is 5.65. The monoisotopic (exact) mass is 577 g/mol. The van der Waals surface area contributed by atoms with Gasteiger partial charge in [0.1, 0.15) is 5.69 Å². The fraction of sp³-hybridized carbons (Fsp3) is 0.567. The van der Waals surface area contributed by atoms with Gasteiger partial charge >= 0.3 is 6.18 Å². The molecule has 2 aromatic rings. The van der Waals surface area contributed by atoms with Crippen LogP contribution >= 0.6 is 0 Å². The van der Waals surface area contributed by atoms with E-state index in [0.717, 1.165) is 38.3 Å². The number of piperidine rings is 1. The molecule has 2 aliphatic heterocycles. The number of rotatable bonds is 7. The van der Waals surface area contributed by atoms with E-state index < -0.39 is 22.7 Å². The maximum absolute atomic E-state index is 13.4. The molecule has 0 aromatic heterocycles. The third-order valence-corrected chi connectivity index (χ3v) is 8.12. The lowest BCUT2D eigenvalue weighted by Crippen LogP contribution is -2.50. The van der Waals surface area contributed by atoms with E-state index in [9.17, 15) is 18.0 Å². The van der Waals surface area contributed by atoms with E-state index in [1.165, 1.54) is 17.3 Å². The minimum atomic E-state index is -4.74. The molecule has 11 heteroatoms. The first kappa shape index (κ1) is 30.9. The van der Waals surface area contributed by atoms with Gasteiger partial charge in [-0.25, -0.2) is 0 Å². The second kappa shape index (κ2) is 12.5. The summed E-state index contributed by atoms with van der Waals surface area (Å²) in [5.74, 6) is -0.0303. The molecule has 1 unspecified atom stereocenters. The summed E-state index contributed by atoms with van der Waals surface area (Å²) >= 11 is 0. The van der Waals surface area contributed by atoms with Crippen LogP contribution in [0.4, 0.5) is 30.2 Å². The molecule has 41 heavy (non-hydrogen) atoms. The van der Waals surface area contributed by atoms with Crippen molar-refractivity contribution in [1.29, 1.82) is 0 Å². The van der Waals surface area contributed by atoms with Gasteiger partial charge in [-0.15, -0.1) is 5.23 Å². The van der Waals surface area contributed by atoms with Crippen molar-refractivity contribution in [2.45, 2.75) is 58.2 Å². The molecule has 8 nitrogen and oxygen atoms in total. The van der Waals surface area contributed by atoms with Crippen molar-refractivity contribution in [1.82, 2.24) is 9.80 Å². The summed E-state index contributed by atoms with van der Waals surface area (Å²) in [5.41, 5.74) is 1.03. The van der Waals surface area contributed by atoms with Crippen LogP contribution in [0.15, 0.2) is 42.5 Å². The summed E-state index contributed by atoms with van der Waals surface area (Å²) in [4.78, 5) is 19.8. The zero-order valence-corrected chi connectivity index (χ0v) is 24.3. The second-order valence-electron chi connectivity index (χ2n) is 12.2. The predicted octanol–water partition coefficient (Wildman–Crippen LogP) is 5.45. The molecule has 3 N–H and O–H groups in total. The van der Waals surface area contributed by atoms with Gasteiger partial charge in [0.2, 0.25) is 5.91 Å². The molecule has 2 heterocycles. The highest BCUT2D eigenvalue weighted by molar-refractivity contribution is 5.79. The fourth-order valence-corrected chi connectivity index (χ4v) is 5.65. The maximum atomic E-state index is 13.4. The first-order chi connectivity index (χ1) is 19.2. The van der Waals surface area contributed by atoms with Crippen LogP contribution < -0.4 is 15.4 Å². The van der Waals surface area contributed by atoms with E-state index in [4.69, 9.17) is 10.4 Å². The van der Waals surface area contributed by atoms with Crippen molar-refractivity contribution >= 4 is 23.0 Å². The average molecular weight is 578 g/mol. The molecule has 2 fully saturated rings. The maximum Gasteiger partial charge on any atom is 0.418 e. The van der Waals surface area contributed by atoms with E-state index in [1.807, 2.05) is 11.8 Å². The Hall–Kier alpha value is -3.02. The summed E-state index contributed by atoms with van der Waals surface area (Å²) in [6.07, 6.45) is -3.52. The predicted molar refractivity (Wildman–Crippen MR) is 154 cm³/mol. The number of anilines is 3. The van der Waals surface area contributed by atoms with Gasteiger partial charge in [0.05, 0.1) is 5.56 Å². The van der Waals surface area contributed by atoms with Crippen LogP contribution in [0.1, 0.15) is 51.7 Å². The van der Waals surface area contributed by atoms with E-state index in [2.05, 4.69) is 60.2 Å². The van der Waals surface area contributed by atoms with Crippen molar-refractivity contribution in [3.8, 4) is 0 Å². The van der Waals surface area contributed by atoms with Crippen LogP contribution in [0, 0.1) is 5.92 Å². The van der Waals surface area contributed by atoms with Crippen LogP contribution in [-0.4, -0.2) is 78.0 Å². The Bertz CT molecular complexity index is 1170. The lowest BCUT2D eigenvalue weighted by Gasteiger charge is -2.38. The van der Waals surface area contributed by atoms with E-state index in [-0.39, 0.29) is 29.0 Å². The number of nitrogens with one attached hydrogen (secondary N) is 1. The number of benzene rings is 2. The molecule has 2 aliphatic rings. The van der Waals surface area contributed by atoms with Crippen LogP contribution in [-0.2, 0) is 16.4 Å². The quantitative estimate of drug-likeness (QED) is 0.378. The molecule has 1 amide bonds. The molecular formula is C30H42F3N5O3. The van der Waals surface area contributed by atoms with Crippen molar-refractivity contribution in [3.05, 3.63) is 53.6 Å². The Morgan fingerprint density at radius 1 is 0.976 bits per heavy atom. The topological polar surface area (TPSA) is 82.5 Å². The standard InChI is InChI=1S/C30H42F3N5O3/c1-21(20-35-15-17-36(18-16-35)25-8-5-22(6-9-25)29(2,3)4)28(39)37-13-11-23(12-14-37)34-24-7-10-27(38(40)41)26(19-24)30(31,32)33/h5-10,19,21,23,34,40-41H,11-18,20H2,1-4H3. The highest BCUT2D eigenvalue weighted by atomic mass is 19.4. The SMILES string of the molecule is CC(CN1CCN(c2ccc(C(C)(C)C)cc2)CC1)C(=O)N1CCC(Nc2ccc(N(O)O)c(C(F)(F)F)c2)CC1. The highest BCUT2D eigenvalue weighted by Crippen LogP contribution is 2.38. The summed E-state index contributed by atoms with van der Waals surface area (Å²) in [5, 5.41) is 20.8. The number of nitrogens with zero attached hydrogens (tertiary/aromatic N) is 4. The van der Waals surface area contributed by atoms with Gasteiger partial charge in [0.15, 0.2) is 0 Å². The number of carbonyl (C=O) groups excluding carboxylic acids is 1. The van der Waals surface area contributed by atoms with E-state index in [1.54, 1.807) is 0 Å². The third-order valence-electron chi connectivity index (χ3n) is 8.12. The summed E-state index contributed by atoms with van der Waals surface area (Å²) in [6, 6.07) is 12.0. The van der Waals surface area contributed by atoms with Gasteiger partial charge in [0.25, 0.3) is 0 Å². The summed E-state index contributed by atoms with van der Waals surface area (Å²) < 4.78 is 40.1. The molecular weight excluding hydrogens is 535 g/mol. The van der Waals surface area contributed by atoms with Gasteiger partial charge in [-0.3, -0.25) is 20.1 Å². The number of halogens is 3. The van der Waals surface area contributed by atoms with Gasteiger partial charge in [0, 0.05) is 69.1 Å². The lowest BCUT2D eigenvalue weighted by atomic mass is 9.87. The Kier molecular flexibility index (Phi) is 9.40. The molecule has 0 spiro atoms. The van der Waals surface area contributed by atoms with E-state index in [0.29, 0.717) is 32.5 Å². The first-order valence-electron chi connectivity index (χ1n) is 14.2. The van der Waals surface area contributed by atoms with Crippen molar-refractivity contribution < 1.29 is 28.4 Å². The van der Waals surface area contributed by atoms with Crippen LogP contribution in [0.25, 0.3) is 0 Å². The Labute approximate surface area is 240 Å². The second-order valence-corrected chi connectivity index (χ2v) is 12.2. The van der Waals surface area contributed by atoms with Crippen molar-refractivity contribution in [2.75, 3.05) is 61.3 Å². The average Bonchev–Trinajstić information content (AvgIpc) is 2.92. The molecule has 4 rings (SSSR count). The zero-order valence-electron chi connectivity index (χ0n) is 24.3. The van der Waals surface area contributed by atoms with Crippen LogP contribution in [0.5, 0.6) is 0 Å². The Balaban J connectivity index is 1.23. The van der Waals surface area contributed by atoms with Gasteiger partial charge < -0.3 is 15.1 Å². The number of hydrogen-bond donors (Lipinski definition) is 3. The van der Waals surface area contributed by atoms with Gasteiger partial charge in [-0.1, -0.05) is 39.8 Å². The van der Waals surface area contributed by atoms with Gasteiger partial charge in [-0.2, -0.15) is 13.2 Å². The van der Waals surface area contributed by atoms with E-state index >= 15 is 0 Å². The van der Waals surface area contributed by atoms with Crippen molar-refractivity contribution in [3.63, 3.8) is 0 Å². The van der Waals surface area contributed by atoms with Gasteiger partial charge in [-0.05, 0) is 54.2 Å². The Morgan fingerprint density at radius 3 is 2.12 bits per heavy atom. The number of alkyl halides is 3. The van der Waals surface area contributed by atoms with Crippen molar-refractivity contribution in [2.24, 2.45) is 5.92 Å². The third kappa shape index (κ3) is 7.84. The number of likely N-dealkylation sites (tertiary alicyclic amines) is 1. The lowest BCUT2D eigenvalue weighted by molar-refractivity contribution is -0.138. The number of hydrogen-bond acceptors (Lipinski definition) is 7. The largest absolute Gasteiger partial charge is 0.418 e. The first-order valence-corrected chi connectivity index (χ1v) is 14.2. The normalized spacial score (nSPS) is 18.4. The zero-order chi connectivity index (χ0) is 29.9. The summed E-state index contributed by atoms with van der Waals surface area (Å²) in [7, 11) is 0. The number of amides is 1. The number of carbonyl (C=O) groups is 1. The molecule has 2 saturated heterocycles. The summed E-state index contributed by atoms with van der Waals surface area (Å²) in [6.45, 7) is 14.0. The molecule has 226 valence electrons. The molecule has 0 bridgehead atoms. The number of piperazine rings is 1. The smallest absolute Gasteiger partial charge is 0.382 e. The molecule has 0 aliphatic carbocycles. The highest BCUT2D eigenvalue weighted by Gasteiger charge is 2.36. The molecule has 0 saturated carbocycles. The molecule has 2 aromatic carbocycles. The Morgan fingerprint density at radius 2 is 1.59 bits per heavy atom. The minimum Gasteiger partial charge on any atom is -0.382 e. The minimum absolute atomic E-state index is 0.0915. The van der Waals surface area contributed by atoms with Crippen LogP contribution in [0.2, 0.25) is 0 Å². The molecule has 0 radical (unpaired) electrons.